The molecule has 0 bridgehead atoms. The second kappa shape index (κ2) is 5.21. The summed E-state index contributed by atoms with van der Waals surface area (Å²) in [5.74, 6) is 0.382. The molecule has 108 valence electrons. The van der Waals surface area contributed by atoms with Gasteiger partial charge >= 0.3 is 0 Å². The summed E-state index contributed by atoms with van der Waals surface area (Å²) in [5, 5.41) is 0. The van der Waals surface area contributed by atoms with Crippen molar-refractivity contribution in [3.8, 4) is 0 Å². The monoisotopic (exact) mass is 301 g/mol. The van der Waals surface area contributed by atoms with E-state index in [2.05, 4.69) is 9.71 Å². The van der Waals surface area contributed by atoms with E-state index >= 15 is 0 Å². The van der Waals surface area contributed by atoms with E-state index in [1.165, 1.54) is 0 Å². The summed E-state index contributed by atoms with van der Waals surface area (Å²) in [6, 6.07) is 13.9. The molecule has 5 nitrogen and oxygen atoms in total. The third-order valence-electron chi connectivity index (χ3n) is 3.25. The highest BCUT2D eigenvalue weighted by Crippen LogP contribution is 2.21. The normalized spacial score (nSPS) is 11.7. The van der Waals surface area contributed by atoms with Crippen LogP contribution in [0.25, 0.3) is 5.65 Å². The summed E-state index contributed by atoms with van der Waals surface area (Å²) in [7, 11) is -3.62. The fourth-order valence-electron chi connectivity index (χ4n) is 2.25. The number of aryl methyl sites for hydroxylation is 1. The van der Waals surface area contributed by atoms with Gasteiger partial charge in [-0.2, -0.15) is 0 Å². The third-order valence-corrected chi connectivity index (χ3v) is 4.60. The average Bonchev–Trinajstić information content (AvgIpc) is 2.84. The van der Waals surface area contributed by atoms with Gasteiger partial charge in [0.15, 0.2) is 5.82 Å². The maximum atomic E-state index is 12.4. The number of fused-ring (bicyclic) bond motifs is 1. The van der Waals surface area contributed by atoms with Crippen molar-refractivity contribution in [3.63, 3.8) is 0 Å². The molecule has 21 heavy (non-hydrogen) atoms. The van der Waals surface area contributed by atoms with E-state index in [-0.39, 0.29) is 4.90 Å². The molecule has 0 fully saturated rings. The second-order valence-electron chi connectivity index (χ2n) is 4.61. The molecule has 3 aromatic rings. The molecular weight excluding hydrogens is 286 g/mol. The quantitative estimate of drug-likeness (QED) is 0.806. The number of hydrogen-bond donors (Lipinski definition) is 1. The van der Waals surface area contributed by atoms with Crippen LogP contribution in [0.15, 0.2) is 59.6 Å². The van der Waals surface area contributed by atoms with Crippen molar-refractivity contribution >= 4 is 21.5 Å². The Morgan fingerprint density at radius 2 is 1.81 bits per heavy atom. The summed E-state index contributed by atoms with van der Waals surface area (Å²) in [5.41, 5.74) is 1.56. The van der Waals surface area contributed by atoms with Crippen LogP contribution in [0.1, 0.15) is 12.6 Å². The number of aromatic nitrogens is 2. The van der Waals surface area contributed by atoms with Crippen molar-refractivity contribution in [1.29, 1.82) is 0 Å². The molecule has 0 unspecified atom stereocenters. The number of hydrogen-bond acceptors (Lipinski definition) is 3. The molecule has 6 heteroatoms. The fraction of sp³-hybridized carbons (Fsp3) is 0.133. The van der Waals surface area contributed by atoms with E-state index in [1.54, 1.807) is 30.3 Å². The molecule has 0 aliphatic rings. The lowest BCUT2D eigenvalue weighted by molar-refractivity contribution is 0.601. The van der Waals surface area contributed by atoms with Crippen molar-refractivity contribution in [2.75, 3.05) is 4.72 Å². The molecule has 2 aromatic heterocycles. The van der Waals surface area contributed by atoms with Crippen LogP contribution in [-0.4, -0.2) is 17.8 Å². The van der Waals surface area contributed by atoms with Crippen LogP contribution in [-0.2, 0) is 16.4 Å². The Labute approximate surface area is 123 Å². The zero-order valence-corrected chi connectivity index (χ0v) is 12.3. The van der Waals surface area contributed by atoms with Gasteiger partial charge in [-0.1, -0.05) is 31.2 Å². The maximum absolute atomic E-state index is 12.4. The number of sulfonamides is 1. The smallest absolute Gasteiger partial charge is 0.263 e. The van der Waals surface area contributed by atoms with E-state index in [0.717, 1.165) is 11.3 Å². The number of rotatable bonds is 4. The first kappa shape index (κ1) is 13.6. The van der Waals surface area contributed by atoms with Gasteiger partial charge in [-0.15, -0.1) is 0 Å². The maximum Gasteiger partial charge on any atom is 0.263 e. The summed E-state index contributed by atoms with van der Waals surface area (Å²) in [4.78, 5) is 4.59. The lowest BCUT2D eigenvalue weighted by Gasteiger charge is -2.07. The van der Waals surface area contributed by atoms with Crippen molar-refractivity contribution < 1.29 is 8.42 Å². The molecule has 0 amide bonds. The third kappa shape index (κ3) is 2.50. The minimum absolute atomic E-state index is 0.226. The number of imidazole rings is 1. The zero-order chi connectivity index (χ0) is 14.9. The van der Waals surface area contributed by atoms with Crippen LogP contribution in [0.3, 0.4) is 0 Å². The molecule has 1 N–H and O–H groups in total. The van der Waals surface area contributed by atoms with E-state index in [1.807, 2.05) is 35.7 Å². The highest BCUT2D eigenvalue weighted by molar-refractivity contribution is 7.92. The topological polar surface area (TPSA) is 63.5 Å². The van der Waals surface area contributed by atoms with E-state index < -0.39 is 10.0 Å². The van der Waals surface area contributed by atoms with Gasteiger partial charge < -0.3 is 4.40 Å². The Morgan fingerprint density at radius 1 is 1.10 bits per heavy atom. The molecule has 0 saturated heterocycles. The second-order valence-corrected chi connectivity index (χ2v) is 6.29. The first-order valence-electron chi connectivity index (χ1n) is 6.65. The van der Waals surface area contributed by atoms with Crippen LogP contribution in [0.4, 0.5) is 5.82 Å². The van der Waals surface area contributed by atoms with Gasteiger partial charge in [0.05, 0.1) is 10.6 Å². The first-order chi connectivity index (χ1) is 10.1. The highest BCUT2D eigenvalue weighted by atomic mass is 32.2. The lowest BCUT2D eigenvalue weighted by atomic mass is 10.3. The largest absolute Gasteiger partial charge is 0.302 e. The van der Waals surface area contributed by atoms with Gasteiger partial charge in [0.2, 0.25) is 0 Å². The standard InChI is InChI=1S/C15H15N3O2S/c1-2-13-15(16-14-10-6-7-11-18(13)14)17-21(19,20)12-8-4-3-5-9-12/h3-11,17H,2H2,1H3. The first-order valence-corrected chi connectivity index (χ1v) is 8.14. The number of nitrogens with one attached hydrogen (secondary N) is 1. The molecule has 0 spiro atoms. The van der Waals surface area contributed by atoms with Gasteiger partial charge in [0, 0.05) is 6.20 Å². The van der Waals surface area contributed by atoms with Crippen LogP contribution in [0, 0.1) is 0 Å². The van der Waals surface area contributed by atoms with E-state index in [0.29, 0.717) is 12.2 Å². The molecule has 0 aliphatic carbocycles. The van der Waals surface area contributed by atoms with Crippen LogP contribution in [0.2, 0.25) is 0 Å². The van der Waals surface area contributed by atoms with Gasteiger partial charge in [-0.25, -0.2) is 13.4 Å². The highest BCUT2D eigenvalue weighted by Gasteiger charge is 2.18. The Bertz CT molecular complexity index is 870. The molecule has 0 radical (unpaired) electrons. The number of pyridine rings is 1. The van der Waals surface area contributed by atoms with Crippen LogP contribution in [0.5, 0.6) is 0 Å². The van der Waals surface area contributed by atoms with E-state index in [9.17, 15) is 8.42 Å². The molecule has 3 rings (SSSR count). The van der Waals surface area contributed by atoms with Gasteiger partial charge in [-0.05, 0) is 30.7 Å². The average molecular weight is 301 g/mol. The van der Waals surface area contributed by atoms with Gasteiger partial charge in [0.25, 0.3) is 10.0 Å². The van der Waals surface area contributed by atoms with Gasteiger partial charge in [0.1, 0.15) is 5.65 Å². The Kier molecular flexibility index (Phi) is 3.39. The summed E-state index contributed by atoms with van der Waals surface area (Å²) in [6.07, 6.45) is 2.55. The van der Waals surface area contributed by atoms with Gasteiger partial charge in [-0.3, -0.25) is 4.72 Å². The fourth-order valence-corrected chi connectivity index (χ4v) is 3.30. The van der Waals surface area contributed by atoms with Crippen molar-refractivity contribution in [1.82, 2.24) is 9.38 Å². The summed E-state index contributed by atoms with van der Waals surface area (Å²) >= 11 is 0. The Hall–Kier alpha value is -2.34. The predicted molar refractivity (Wildman–Crippen MR) is 81.8 cm³/mol. The molecule has 0 aliphatic heterocycles. The number of benzene rings is 1. The van der Waals surface area contributed by atoms with Crippen molar-refractivity contribution in [3.05, 3.63) is 60.4 Å². The molecule has 0 saturated carbocycles. The minimum atomic E-state index is -3.62. The molecule has 2 heterocycles. The molecule has 0 atom stereocenters. The van der Waals surface area contributed by atoms with Crippen LogP contribution < -0.4 is 4.72 Å². The lowest BCUT2D eigenvalue weighted by Crippen LogP contribution is -2.14. The number of anilines is 1. The zero-order valence-electron chi connectivity index (χ0n) is 11.5. The SMILES string of the molecule is CCc1c(NS(=O)(=O)c2ccccc2)nc2ccccn12. The van der Waals surface area contributed by atoms with Crippen molar-refractivity contribution in [2.24, 2.45) is 0 Å². The van der Waals surface area contributed by atoms with E-state index in [4.69, 9.17) is 0 Å². The van der Waals surface area contributed by atoms with Crippen molar-refractivity contribution in [2.45, 2.75) is 18.2 Å². The molecular formula is C15H15N3O2S. The predicted octanol–water partition coefficient (Wildman–Crippen LogP) is 2.70. The Balaban J connectivity index is 2.06. The number of nitrogens with zero attached hydrogens (tertiary/aromatic N) is 2. The van der Waals surface area contributed by atoms with Crippen LogP contribution >= 0.6 is 0 Å². The summed E-state index contributed by atoms with van der Waals surface area (Å²) < 4.78 is 29.2. The minimum Gasteiger partial charge on any atom is -0.302 e. The Morgan fingerprint density at radius 3 is 2.52 bits per heavy atom. The molecule has 1 aromatic carbocycles. The summed E-state index contributed by atoms with van der Waals surface area (Å²) in [6.45, 7) is 1.97.